The first-order valence-corrected chi connectivity index (χ1v) is 6.39. The number of carboxylic acid groups (broad SMARTS) is 1. The van der Waals surface area contributed by atoms with Gasteiger partial charge in [-0.05, 0) is 37.8 Å². The average Bonchev–Trinajstić information content (AvgIpc) is 3.22. The quantitative estimate of drug-likeness (QED) is 0.826. The molecule has 0 bridgehead atoms. The molecule has 1 aliphatic carbocycles. The van der Waals surface area contributed by atoms with E-state index in [9.17, 15) is 9.59 Å². The van der Waals surface area contributed by atoms with Gasteiger partial charge < -0.3 is 10.0 Å². The summed E-state index contributed by atoms with van der Waals surface area (Å²) in [6.45, 7) is 2.01. The molecule has 1 unspecified atom stereocenters. The zero-order chi connectivity index (χ0) is 13.8. The highest BCUT2D eigenvalue weighted by atomic mass is 16.4. The fourth-order valence-corrected chi connectivity index (χ4v) is 2.16. The van der Waals surface area contributed by atoms with Gasteiger partial charge in [-0.15, -0.1) is 0 Å². The standard InChI is InChI=1S/C15H17NO3/c1-11(12-7-8-12)16(13-5-3-2-4-6-13)14(17)9-10-15(18)19/h2-6,9-12H,7-8H2,1H3,(H,18,19)/b10-9+. The van der Waals surface area contributed by atoms with Gasteiger partial charge in [0, 0.05) is 23.9 Å². The lowest BCUT2D eigenvalue weighted by molar-refractivity contribution is -0.131. The second-order valence-electron chi connectivity index (χ2n) is 4.79. The molecule has 2 rings (SSSR count). The number of hydrogen-bond acceptors (Lipinski definition) is 2. The lowest BCUT2D eigenvalue weighted by Crippen LogP contribution is -2.39. The van der Waals surface area contributed by atoms with Crippen LogP contribution >= 0.6 is 0 Å². The van der Waals surface area contributed by atoms with Crippen LogP contribution in [0.15, 0.2) is 42.5 Å². The Hall–Kier alpha value is -2.10. The smallest absolute Gasteiger partial charge is 0.328 e. The van der Waals surface area contributed by atoms with Crippen molar-refractivity contribution in [1.82, 2.24) is 0 Å². The van der Waals surface area contributed by atoms with Crippen LogP contribution in [0.2, 0.25) is 0 Å². The minimum Gasteiger partial charge on any atom is -0.478 e. The van der Waals surface area contributed by atoms with E-state index in [1.807, 2.05) is 37.3 Å². The summed E-state index contributed by atoms with van der Waals surface area (Å²) in [7, 11) is 0. The molecule has 1 atom stereocenters. The molecule has 1 aromatic rings. The third-order valence-corrected chi connectivity index (χ3v) is 3.35. The number of carbonyl (C=O) groups excluding carboxylic acids is 1. The molecule has 0 aliphatic heterocycles. The van der Waals surface area contributed by atoms with E-state index in [2.05, 4.69) is 0 Å². The first-order valence-electron chi connectivity index (χ1n) is 6.39. The van der Waals surface area contributed by atoms with Crippen LogP contribution in [0.5, 0.6) is 0 Å². The maximum Gasteiger partial charge on any atom is 0.328 e. The van der Waals surface area contributed by atoms with Crippen LogP contribution in [-0.4, -0.2) is 23.0 Å². The van der Waals surface area contributed by atoms with E-state index in [1.165, 1.54) is 0 Å². The van der Waals surface area contributed by atoms with Crippen molar-refractivity contribution >= 4 is 17.6 Å². The minimum atomic E-state index is -1.11. The molecule has 1 N–H and O–H groups in total. The van der Waals surface area contributed by atoms with E-state index < -0.39 is 5.97 Å². The highest BCUT2D eigenvalue weighted by molar-refractivity contribution is 6.04. The van der Waals surface area contributed by atoms with Crippen LogP contribution < -0.4 is 4.90 Å². The summed E-state index contributed by atoms with van der Waals surface area (Å²) in [5, 5.41) is 8.62. The van der Waals surface area contributed by atoms with E-state index in [-0.39, 0.29) is 11.9 Å². The molecule has 100 valence electrons. The Labute approximate surface area is 112 Å². The summed E-state index contributed by atoms with van der Waals surface area (Å²) in [6.07, 6.45) is 4.26. The molecule has 0 heterocycles. The second kappa shape index (κ2) is 5.69. The number of hydrogen-bond donors (Lipinski definition) is 1. The SMILES string of the molecule is CC(C1CC1)N(C(=O)/C=C/C(=O)O)c1ccccc1. The van der Waals surface area contributed by atoms with Gasteiger partial charge in [0.1, 0.15) is 0 Å². The van der Waals surface area contributed by atoms with Crippen molar-refractivity contribution < 1.29 is 14.7 Å². The third-order valence-electron chi connectivity index (χ3n) is 3.35. The van der Waals surface area contributed by atoms with Gasteiger partial charge in [0.15, 0.2) is 0 Å². The Morgan fingerprint density at radius 1 is 1.26 bits per heavy atom. The minimum absolute atomic E-state index is 0.0911. The number of aliphatic carboxylic acids is 1. The average molecular weight is 259 g/mol. The second-order valence-corrected chi connectivity index (χ2v) is 4.79. The number of amides is 1. The van der Waals surface area contributed by atoms with Crippen molar-refractivity contribution in [3.63, 3.8) is 0 Å². The molecular formula is C15H17NO3. The van der Waals surface area contributed by atoms with E-state index in [1.54, 1.807) is 4.90 Å². The monoisotopic (exact) mass is 259 g/mol. The van der Waals surface area contributed by atoms with Gasteiger partial charge in [-0.3, -0.25) is 4.79 Å². The van der Waals surface area contributed by atoms with Gasteiger partial charge in [0.05, 0.1) is 0 Å². The number of carbonyl (C=O) groups is 2. The van der Waals surface area contributed by atoms with Crippen LogP contribution in [0.3, 0.4) is 0 Å². The first-order chi connectivity index (χ1) is 9.09. The van der Waals surface area contributed by atoms with Crippen LogP contribution in [-0.2, 0) is 9.59 Å². The van der Waals surface area contributed by atoms with Crippen molar-refractivity contribution in [2.24, 2.45) is 5.92 Å². The zero-order valence-corrected chi connectivity index (χ0v) is 10.8. The fourth-order valence-electron chi connectivity index (χ4n) is 2.16. The molecule has 0 radical (unpaired) electrons. The van der Waals surface area contributed by atoms with Gasteiger partial charge in [-0.25, -0.2) is 4.79 Å². The van der Waals surface area contributed by atoms with Crippen molar-refractivity contribution in [3.05, 3.63) is 42.5 Å². The van der Waals surface area contributed by atoms with Crippen molar-refractivity contribution in [2.75, 3.05) is 4.90 Å². The maximum absolute atomic E-state index is 12.2. The number of rotatable bonds is 5. The summed E-state index contributed by atoms with van der Waals surface area (Å²) < 4.78 is 0. The number of carboxylic acids is 1. The predicted molar refractivity (Wildman–Crippen MR) is 72.9 cm³/mol. The van der Waals surface area contributed by atoms with Crippen molar-refractivity contribution in [1.29, 1.82) is 0 Å². The summed E-state index contributed by atoms with van der Waals surface area (Å²) in [5.41, 5.74) is 0.807. The van der Waals surface area contributed by atoms with Crippen LogP contribution in [0.25, 0.3) is 0 Å². The Kier molecular flexibility index (Phi) is 4.00. The molecule has 0 aromatic heterocycles. The first kappa shape index (κ1) is 13.3. The number of para-hydroxylation sites is 1. The molecule has 4 nitrogen and oxygen atoms in total. The molecular weight excluding hydrogens is 242 g/mol. The summed E-state index contributed by atoms with van der Waals surface area (Å²) >= 11 is 0. The van der Waals surface area contributed by atoms with E-state index in [4.69, 9.17) is 5.11 Å². The van der Waals surface area contributed by atoms with Crippen molar-refractivity contribution in [2.45, 2.75) is 25.8 Å². The van der Waals surface area contributed by atoms with Crippen molar-refractivity contribution in [3.8, 4) is 0 Å². The molecule has 1 saturated carbocycles. The van der Waals surface area contributed by atoms with Crippen LogP contribution in [0.4, 0.5) is 5.69 Å². The van der Waals surface area contributed by atoms with Gasteiger partial charge in [-0.1, -0.05) is 18.2 Å². The van der Waals surface area contributed by atoms with Gasteiger partial charge in [0.2, 0.25) is 0 Å². The molecule has 19 heavy (non-hydrogen) atoms. The Morgan fingerprint density at radius 3 is 2.42 bits per heavy atom. The van der Waals surface area contributed by atoms with Crippen LogP contribution in [0.1, 0.15) is 19.8 Å². The van der Waals surface area contributed by atoms with Gasteiger partial charge >= 0.3 is 5.97 Å². The summed E-state index contributed by atoms with van der Waals surface area (Å²) in [6, 6.07) is 9.46. The molecule has 1 aliphatic rings. The molecule has 1 aromatic carbocycles. The number of benzene rings is 1. The van der Waals surface area contributed by atoms with E-state index >= 15 is 0 Å². The van der Waals surface area contributed by atoms with E-state index in [0.29, 0.717) is 5.92 Å². The Balaban J connectivity index is 2.23. The normalized spacial score (nSPS) is 16.3. The topological polar surface area (TPSA) is 57.6 Å². The third kappa shape index (κ3) is 3.44. The highest BCUT2D eigenvalue weighted by Gasteiger charge is 2.34. The maximum atomic E-state index is 12.2. The highest BCUT2D eigenvalue weighted by Crippen LogP contribution is 2.37. The molecule has 0 saturated heterocycles. The lowest BCUT2D eigenvalue weighted by atomic mass is 10.1. The molecule has 4 heteroatoms. The largest absolute Gasteiger partial charge is 0.478 e. The molecule has 0 spiro atoms. The Bertz CT molecular complexity index is 491. The van der Waals surface area contributed by atoms with Gasteiger partial charge in [0.25, 0.3) is 5.91 Å². The summed E-state index contributed by atoms with van der Waals surface area (Å²) in [5.74, 6) is -0.879. The predicted octanol–water partition coefficient (Wildman–Crippen LogP) is 2.46. The van der Waals surface area contributed by atoms with Gasteiger partial charge in [-0.2, -0.15) is 0 Å². The van der Waals surface area contributed by atoms with Crippen LogP contribution in [0, 0.1) is 5.92 Å². The Morgan fingerprint density at radius 2 is 1.89 bits per heavy atom. The van der Waals surface area contributed by atoms with E-state index in [0.717, 1.165) is 30.7 Å². The summed E-state index contributed by atoms with van der Waals surface area (Å²) in [4.78, 5) is 24.4. The zero-order valence-electron chi connectivity index (χ0n) is 10.8. The number of anilines is 1. The number of nitrogens with zero attached hydrogens (tertiary/aromatic N) is 1. The molecule has 1 amide bonds. The lowest BCUT2D eigenvalue weighted by Gasteiger charge is -2.28. The fraction of sp³-hybridized carbons (Fsp3) is 0.333. The molecule has 1 fully saturated rings.